The average Bonchev–Trinajstić information content (AvgIpc) is 3.26. The molecule has 2 fully saturated rings. The van der Waals surface area contributed by atoms with E-state index in [9.17, 15) is 0 Å². The standard InChI is InChI=1S/C16H31NO4/c1-18-9-10-19-11-12-20-13-14-21-16(5-2-6-16)7-8-17-15-3-4-15/h15,17H,2-14H2,1H3. The van der Waals surface area contributed by atoms with Crippen LogP contribution in [0.3, 0.4) is 0 Å². The van der Waals surface area contributed by atoms with Crippen LogP contribution in [0.5, 0.6) is 0 Å². The highest BCUT2D eigenvalue weighted by molar-refractivity contribution is 4.91. The molecule has 124 valence electrons. The van der Waals surface area contributed by atoms with Gasteiger partial charge in [0, 0.05) is 13.2 Å². The molecule has 2 saturated carbocycles. The minimum absolute atomic E-state index is 0.139. The predicted octanol–water partition coefficient (Wildman–Crippen LogP) is 1.75. The maximum atomic E-state index is 6.09. The Labute approximate surface area is 128 Å². The van der Waals surface area contributed by atoms with Gasteiger partial charge in [0.1, 0.15) is 0 Å². The summed E-state index contributed by atoms with van der Waals surface area (Å²) in [6.07, 6.45) is 7.57. The summed E-state index contributed by atoms with van der Waals surface area (Å²) in [4.78, 5) is 0. The Morgan fingerprint density at radius 2 is 1.62 bits per heavy atom. The van der Waals surface area contributed by atoms with Crippen LogP contribution in [0.4, 0.5) is 0 Å². The molecule has 0 amide bonds. The lowest BCUT2D eigenvalue weighted by molar-refractivity contribution is -0.119. The van der Waals surface area contributed by atoms with Crippen molar-refractivity contribution in [2.45, 2.75) is 50.2 Å². The van der Waals surface area contributed by atoms with Crippen molar-refractivity contribution < 1.29 is 18.9 Å². The number of methoxy groups -OCH3 is 1. The van der Waals surface area contributed by atoms with Gasteiger partial charge in [0.05, 0.1) is 45.2 Å². The van der Waals surface area contributed by atoms with Gasteiger partial charge in [0.2, 0.25) is 0 Å². The summed E-state index contributed by atoms with van der Waals surface area (Å²) in [7, 11) is 1.67. The summed E-state index contributed by atoms with van der Waals surface area (Å²) in [6, 6.07) is 0.795. The van der Waals surface area contributed by atoms with Crippen LogP contribution in [0.15, 0.2) is 0 Å². The van der Waals surface area contributed by atoms with E-state index in [2.05, 4.69) is 5.32 Å². The Morgan fingerprint density at radius 3 is 2.19 bits per heavy atom. The average molecular weight is 301 g/mol. The van der Waals surface area contributed by atoms with E-state index in [1.165, 1.54) is 32.1 Å². The lowest BCUT2D eigenvalue weighted by Crippen LogP contribution is -2.43. The molecule has 0 unspecified atom stereocenters. The van der Waals surface area contributed by atoms with Gasteiger partial charge < -0.3 is 24.3 Å². The van der Waals surface area contributed by atoms with E-state index in [0.717, 1.165) is 19.0 Å². The number of nitrogens with one attached hydrogen (secondary N) is 1. The molecule has 5 heteroatoms. The van der Waals surface area contributed by atoms with Crippen LogP contribution in [-0.2, 0) is 18.9 Å². The van der Waals surface area contributed by atoms with Crippen molar-refractivity contribution in [2.24, 2.45) is 0 Å². The molecule has 2 aliphatic carbocycles. The van der Waals surface area contributed by atoms with Crippen molar-refractivity contribution in [3.63, 3.8) is 0 Å². The molecule has 0 radical (unpaired) electrons. The first-order chi connectivity index (χ1) is 10.3. The molecule has 0 aliphatic heterocycles. The van der Waals surface area contributed by atoms with Gasteiger partial charge in [-0.1, -0.05) is 0 Å². The summed E-state index contributed by atoms with van der Waals surface area (Å²) in [5, 5.41) is 3.58. The summed E-state index contributed by atoms with van der Waals surface area (Å²) >= 11 is 0. The molecule has 2 aliphatic rings. The van der Waals surface area contributed by atoms with E-state index >= 15 is 0 Å². The van der Waals surface area contributed by atoms with Crippen LogP contribution in [0.1, 0.15) is 38.5 Å². The number of hydrogen-bond acceptors (Lipinski definition) is 5. The van der Waals surface area contributed by atoms with Crippen molar-refractivity contribution in [1.82, 2.24) is 5.32 Å². The van der Waals surface area contributed by atoms with E-state index in [1.807, 2.05) is 0 Å². The van der Waals surface area contributed by atoms with Crippen LogP contribution in [0, 0.1) is 0 Å². The molecule has 1 N–H and O–H groups in total. The normalized spacial score (nSPS) is 20.4. The molecule has 0 bridgehead atoms. The summed E-state index contributed by atoms with van der Waals surface area (Å²) in [6.45, 7) is 4.98. The van der Waals surface area contributed by atoms with Crippen LogP contribution in [0.2, 0.25) is 0 Å². The minimum atomic E-state index is 0.139. The summed E-state index contributed by atoms with van der Waals surface area (Å²) in [5.41, 5.74) is 0.139. The molecular weight excluding hydrogens is 270 g/mol. The van der Waals surface area contributed by atoms with Crippen molar-refractivity contribution in [2.75, 3.05) is 53.3 Å². The fourth-order valence-electron chi connectivity index (χ4n) is 2.61. The van der Waals surface area contributed by atoms with Gasteiger partial charge in [-0.05, 0) is 45.1 Å². The molecule has 21 heavy (non-hydrogen) atoms. The van der Waals surface area contributed by atoms with E-state index in [0.29, 0.717) is 39.6 Å². The first-order valence-electron chi connectivity index (χ1n) is 8.36. The highest BCUT2D eigenvalue weighted by Crippen LogP contribution is 2.38. The lowest BCUT2D eigenvalue weighted by atomic mass is 9.77. The Hall–Kier alpha value is -0.200. The second-order valence-electron chi connectivity index (χ2n) is 6.08. The Bertz CT molecular complexity index is 267. The molecule has 0 aromatic carbocycles. The third-order valence-electron chi connectivity index (χ3n) is 4.30. The first kappa shape index (κ1) is 17.2. The van der Waals surface area contributed by atoms with Gasteiger partial charge in [-0.25, -0.2) is 0 Å². The molecular formula is C16H31NO4. The Kier molecular flexibility index (Phi) is 7.96. The number of ether oxygens (including phenoxy) is 4. The van der Waals surface area contributed by atoms with Crippen molar-refractivity contribution >= 4 is 0 Å². The molecule has 0 aromatic rings. The Balaban J connectivity index is 1.41. The maximum absolute atomic E-state index is 6.09. The van der Waals surface area contributed by atoms with Crippen molar-refractivity contribution in [3.8, 4) is 0 Å². The zero-order valence-electron chi connectivity index (χ0n) is 13.4. The van der Waals surface area contributed by atoms with Gasteiger partial charge >= 0.3 is 0 Å². The van der Waals surface area contributed by atoms with E-state index in [1.54, 1.807) is 7.11 Å². The zero-order chi connectivity index (χ0) is 14.8. The van der Waals surface area contributed by atoms with E-state index in [4.69, 9.17) is 18.9 Å². The SMILES string of the molecule is COCCOCCOCCOC1(CCNC2CC2)CCC1. The van der Waals surface area contributed by atoms with E-state index in [-0.39, 0.29) is 5.60 Å². The number of hydrogen-bond donors (Lipinski definition) is 1. The summed E-state index contributed by atoms with van der Waals surface area (Å²) < 4.78 is 21.9. The van der Waals surface area contributed by atoms with Crippen LogP contribution >= 0.6 is 0 Å². The monoisotopic (exact) mass is 301 g/mol. The Morgan fingerprint density at radius 1 is 0.952 bits per heavy atom. The van der Waals surface area contributed by atoms with Gasteiger partial charge in [0.15, 0.2) is 0 Å². The highest BCUT2D eigenvalue weighted by atomic mass is 16.6. The van der Waals surface area contributed by atoms with Gasteiger partial charge in [-0.2, -0.15) is 0 Å². The van der Waals surface area contributed by atoms with Crippen LogP contribution < -0.4 is 5.32 Å². The third-order valence-corrected chi connectivity index (χ3v) is 4.30. The highest BCUT2D eigenvalue weighted by Gasteiger charge is 2.37. The van der Waals surface area contributed by atoms with Crippen molar-refractivity contribution in [3.05, 3.63) is 0 Å². The van der Waals surface area contributed by atoms with Crippen LogP contribution in [0.25, 0.3) is 0 Å². The van der Waals surface area contributed by atoms with Gasteiger partial charge in [-0.15, -0.1) is 0 Å². The molecule has 5 nitrogen and oxygen atoms in total. The molecule has 2 rings (SSSR count). The molecule has 0 atom stereocenters. The maximum Gasteiger partial charge on any atom is 0.0708 e. The van der Waals surface area contributed by atoms with Crippen LogP contribution in [-0.4, -0.2) is 64.9 Å². The smallest absolute Gasteiger partial charge is 0.0708 e. The second-order valence-corrected chi connectivity index (χ2v) is 6.08. The van der Waals surface area contributed by atoms with E-state index < -0.39 is 0 Å². The second kappa shape index (κ2) is 9.74. The molecule has 0 heterocycles. The fraction of sp³-hybridized carbons (Fsp3) is 1.00. The van der Waals surface area contributed by atoms with Gasteiger partial charge in [0.25, 0.3) is 0 Å². The summed E-state index contributed by atoms with van der Waals surface area (Å²) in [5.74, 6) is 0. The third kappa shape index (κ3) is 7.06. The predicted molar refractivity (Wildman–Crippen MR) is 81.7 cm³/mol. The largest absolute Gasteiger partial charge is 0.382 e. The number of rotatable bonds is 14. The molecule has 0 spiro atoms. The fourth-order valence-corrected chi connectivity index (χ4v) is 2.61. The first-order valence-corrected chi connectivity index (χ1v) is 8.36. The quantitative estimate of drug-likeness (QED) is 0.495. The zero-order valence-corrected chi connectivity index (χ0v) is 13.4. The lowest BCUT2D eigenvalue weighted by Gasteiger charge is -2.42. The van der Waals surface area contributed by atoms with Gasteiger partial charge in [-0.3, -0.25) is 0 Å². The minimum Gasteiger partial charge on any atom is -0.382 e. The van der Waals surface area contributed by atoms with Crippen molar-refractivity contribution in [1.29, 1.82) is 0 Å². The molecule has 0 aromatic heterocycles. The topological polar surface area (TPSA) is 49.0 Å². The molecule has 0 saturated heterocycles.